The van der Waals surface area contributed by atoms with Crippen molar-refractivity contribution in [3.05, 3.63) is 65.0 Å². The van der Waals surface area contributed by atoms with Crippen LogP contribution in [0.4, 0.5) is 10.1 Å². The molecule has 1 saturated carbocycles. The van der Waals surface area contributed by atoms with Gasteiger partial charge < -0.3 is 19.9 Å². The molecule has 1 aliphatic carbocycles. The summed E-state index contributed by atoms with van der Waals surface area (Å²) in [7, 11) is 0. The fraction of sp³-hybridized carbons (Fsp3) is 0.516. The molecule has 3 heterocycles. The Bertz CT molecular complexity index is 1250. The molecule has 6 rings (SSSR count). The van der Waals surface area contributed by atoms with E-state index in [-0.39, 0.29) is 29.6 Å². The zero-order chi connectivity index (χ0) is 27.5. The van der Waals surface area contributed by atoms with Crippen molar-refractivity contribution in [3.63, 3.8) is 0 Å². The number of amidine groups is 1. The van der Waals surface area contributed by atoms with Gasteiger partial charge in [0, 0.05) is 75.4 Å². The van der Waals surface area contributed by atoms with Crippen LogP contribution in [-0.2, 0) is 22.5 Å². The van der Waals surface area contributed by atoms with Crippen LogP contribution in [-0.4, -0.2) is 86.0 Å². The summed E-state index contributed by atoms with van der Waals surface area (Å²) < 4.78 is 19.0. The number of hydrogen-bond donors (Lipinski definition) is 1. The third kappa shape index (κ3) is 5.96. The van der Waals surface area contributed by atoms with E-state index < -0.39 is 0 Å². The van der Waals surface area contributed by atoms with Gasteiger partial charge in [-0.15, -0.1) is 0 Å². The molecule has 0 bridgehead atoms. The fourth-order valence-corrected chi connectivity index (χ4v) is 6.49. The van der Waals surface area contributed by atoms with Crippen LogP contribution in [0.1, 0.15) is 47.2 Å². The number of piperazine rings is 1. The van der Waals surface area contributed by atoms with Crippen LogP contribution < -0.4 is 10.2 Å². The van der Waals surface area contributed by atoms with Crippen molar-refractivity contribution in [3.8, 4) is 0 Å². The zero-order valence-corrected chi connectivity index (χ0v) is 23.0. The van der Waals surface area contributed by atoms with Gasteiger partial charge in [0.1, 0.15) is 11.7 Å². The highest BCUT2D eigenvalue weighted by Crippen LogP contribution is 2.38. The summed E-state index contributed by atoms with van der Waals surface area (Å²) in [5, 5.41) is 3.32. The number of nitrogens with zero attached hydrogens (tertiary/aromatic N) is 4. The predicted octanol–water partition coefficient (Wildman–Crippen LogP) is 3.25. The molecule has 9 heteroatoms. The lowest BCUT2D eigenvalue weighted by molar-refractivity contribution is -0.137. The average Bonchev–Trinajstić information content (AvgIpc) is 3.35. The Morgan fingerprint density at radius 2 is 1.68 bits per heavy atom. The van der Waals surface area contributed by atoms with Gasteiger partial charge in [-0.25, -0.2) is 4.39 Å². The molecule has 8 nitrogen and oxygen atoms in total. The van der Waals surface area contributed by atoms with Gasteiger partial charge >= 0.3 is 0 Å². The van der Waals surface area contributed by atoms with E-state index in [1.54, 1.807) is 0 Å². The van der Waals surface area contributed by atoms with Crippen LogP contribution in [0.5, 0.6) is 0 Å². The van der Waals surface area contributed by atoms with E-state index in [1.165, 1.54) is 29.8 Å². The molecule has 212 valence electrons. The number of ether oxygens (including phenoxy) is 1. The van der Waals surface area contributed by atoms with Gasteiger partial charge in [0.15, 0.2) is 0 Å². The fourth-order valence-electron chi connectivity index (χ4n) is 6.49. The first kappa shape index (κ1) is 27.1. The molecule has 2 amide bonds. The Labute approximate surface area is 235 Å². The normalized spacial score (nSPS) is 24.8. The molecule has 1 N–H and O–H groups in total. The molecule has 4 aliphatic rings. The molecule has 2 aromatic rings. The van der Waals surface area contributed by atoms with Gasteiger partial charge in [-0.3, -0.25) is 14.5 Å². The highest BCUT2D eigenvalue weighted by Gasteiger charge is 2.37. The van der Waals surface area contributed by atoms with Crippen molar-refractivity contribution in [2.24, 2.45) is 10.9 Å². The summed E-state index contributed by atoms with van der Waals surface area (Å²) >= 11 is 0. The van der Waals surface area contributed by atoms with Crippen molar-refractivity contribution < 1.29 is 18.7 Å². The van der Waals surface area contributed by atoms with E-state index in [9.17, 15) is 14.0 Å². The molecule has 0 aromatic heterocycles. The zero-order valence-electron chi connectivity index (χ0n) is 23.0. The van der Waals surface area contributed by atoms with Crippen LogP contribution in [0.2, 0.25) is 0 Å². The van der Waals surface area contributed by atoms with Crippen molar-refractivity contribution in [1.82, 2.24) is 15.1 Å². The molecule has 40 heavy (non-hydrogen) atoms. The number of benzene rings is 2. The first-order valence-corrected chi connectivity index (χ1v) is 14.6. The number of fused-ring (bicyclic) bond motifs is 1. The number of anilines is 1. The largest absolute Gasteiger partial charge is 0.379 e. The maximum Gasteiger partial charge on any atom is 0.278 e. The summed E-state index contributed by atoms with van der Waals surface area (Å²) in [4.78, 5) is 37.6. The molecule has 2 aromatic carbocycles. The number of halogens is 1. The van der Waals surface area contributed by atoms with Gasteiger partial charge in [-0.1, -0.05) is 12.1 Å². The van der Waals surface area contributed by atoms with Gasteiger partial charge in [0.25, 0.3) is 5.91 Å². The number of carbonyl (C=O) groups excluding carboxylic acids is 2. The smallest absolute Gasteiger partial charge is 0.278 e. The van der Waals surface area contributed by atoms with Crippen LogP contribution >= 0.6 is 0 Å². The summed E-state index contributed by atoms with van der Waals surface area (Å²) in [6, 6.07) is 12.3. The number of rotatable bonds is 5. The maximum absolute atomic E-state index is 13.5. The molecule has 0 atom stereocenters. The van der Waals surface area contributed by atoms with E-state index >= 15 is 0 Å². The molecule has 0 spiro atoms. The minimum Gasteiger partial charge on any atom is -0.379 e. The van der Waals surface area contributed by atoms with Crippen LogP contribution in [0.3, 0.4) is 0 Å². The van der Waals surface area contributed by atoms with Crippen LogP contribution in [0, 0.1) is 11.7 Å². The Morgan fingerprint density at radius 1 is 0.950 bits per heavy atom. The topological polar surface area (TPSA) is 77.5 Å². The average molecular weight is 548 g/mol. The predicted molar refractivity (Wildman–Crippen MR) is 152 cm³/mol. The second-order valence-corrected chi connectivity index (χ2v) is 11.3. The van der Waals surface area contributed by atoms with Crippen LogP contribution in [0.15, 0.2) is 47.5 Å². The molecular weight excluding hydrogens is 509 g/mol. The summed E-state index contributed by atoms with van der Waals surface area (Å²) in [5.74, 6) is 0.355. The number of aliphatic imine (C=N–C) groups is 1. The van der Waals surface area contributed by atoms with Crippen LogP contribution in [0.25, 0.3) is 0 Å². The van der Waals surface area contributed by atoms with E-state index in [0.29, 0.717) is 12.0 Å². The monoisotopic (exact) mass is 547 g/mol. The lowest BCUT2D eigenvalue weighted by atomic mass is 9.84. The standard InChI is InChI=1S/C31H38FN5O3/c32-26-7-3-23(4-8-26)30(38)34-29-20-25-2-1-22(21-35-15-17-40-18-16-35)19-28(25)37(29)27-9-5-24(6-10-27)31(39)36-13-11-33-12-14-36/h1-4,7-8,19,24,27,33H,5-6,9-18,20-21H2. The maximum atomic E-state index is 13.5. The van der Waals surface area contributed by atoms with Crippen molar-refractivity contribution >= 4 is 23.3 Å². The van der Waals surface area contributed by atoms with Gasteiger partial charge in [0.2, 0.25) is 5.91 Å². The first-order valence-electron chi connectivity index (χ1n) is 14.6. The second kappa shape index (κ2) is 12.2. The number of nitrogens with one attached hydrogen (secondary N) is 1. The third-order valence-electron chi connectivity index (χ3n) is 8.71. The Hall–Kier alpha value is -3.14. The number of carbonyl (C=O) groups is 2. The minimum absolute atomic E-state index is 0.0605. The van der Waals surface area contributed by atoms with Crippen molar-refractivity contribution in [2.45, 2.75) is 44.7 Å². The molecule has 3 fully saturated rings. The lowest BCUT2D eigenvalue weighted by Gasteiger charge is -2.38. The Morgan fingerprint density at radius 3 is 2.40 bits per heavy atom. The highest BCUT2D eigenvalue weighted by atomic mass is 19.1. The van der Waals surface area contributed by atoms with Crippen molar-refractivity contribution in [2.75, 3.05) is 57.4 Å². The summed E-state index contributed by atoms with van der Waals surface area (Å²) in [6.07, 6.45) is 4.01. The number of amides is 2. The lowest BCUT2D eigenvalue weighted by Crippen LogP contribution is -2.49. The SMILES string of the molecule is O=C(N=C1Cc2ccc(CN3CCOCC3)cc2N1C1CCC(C(=O)N2CCNCC2)CC1)c1ccc(F)cc1. The van der Waals surface area contributed by atoms with E-state index in [4.69, 9.17) is 4.74 Å². The minimum atomic E-state index is -0.376. The summed E-state index contributed by atoms with van der Waals surface area (Å²) in [6.45, 7) is 7.51. The van der Waals surface area contributed by atoms with Crippen molar-refractivity contribution in [1.29, 1.82) is 0 Å². The summed E-state index contributed by atoms with van der Waals surface area (Å²) in [5.41, 5.74) is 3.89. The van der Waals surface area contributed by atoms with E-state index in [2.05, 4.69) is 38.3 Å². The molecular formula is C31H38FN5O3. The molecule has 0 radical (unpaired) electrons. The molecule has 0 unspecified atom stereocenters. The number of morpholine rings is 1. The third-order valence-corrected chi connectivity index (χ3v) is 8.71. The first-order chi connectivity index (χ1) is 19.5. The van der Waals surface area contributed by atoms with E-state index in [0.717, 1.165) is 102 Å². The second-order valence-electron chi connectivity index (χ2n) is 11.3. The molecule has 2 saturated heterocycles. The van der Waals surface area contributed by atoms with Gasteiger partial charge in [-0.05, 0) is 67.1 Å². The van der Waals surface area contributed by atoms with Gasteiger partial charge in [0.05, 0.1) is 13.2 Å². The number of hydrogen-bond acceptors (Lipinski definition) is 5. The Balaban J connectivity index is 1.23. The quantitative estimate of drug-likeness (QED) is 0.620. The van der Waals surface area contributed by atoms with E-state index in [1.807, 2.05) is 4.90 Å². The highest BCUT2D eigenvalue weighted by molar-refractivity contribution is 6.12. The van der Waals surface area contributed by atoms with Gasteiger partial charge in [-0.2, -0.15) is 4.99 Å². The Kier molecular flexibility index (Phi) is 8.22. The molecule has 3 aliphatic heterocycles.